The number of nitrogens with zero attached hydrogens (tertiary/aromatic N) is 3. The first kappa shape index (κ1) is 10.9. The molecule has 0 atom stereocenters. The molecular weight excluding hydrogens is 206 g/mol. The minimum absolute atomic E-state index is 0.0233. The van der Waals surface area contributed by atoms with E-state index in [0.717, 1.165) is 28.4 Å². The van der Waals surface area contributed by atoms with Gasteiger partial charge in [-0.25, -0.2) is 0 Å². The molecule has 5 nitrogen and oxygen atoms in total. The van der Waals surface area contributed by atoms with Gasteiger partial charge in [0.25, 0.3) is 0 Å². The van der Waals surface area contributed by atoms with Crippen molar-refractivity contribution in [3.05, 3.63) is 34.5 Å². The van der Waals surface area contributed by atoms with E-state index in [0.29, 0.717) is 6.54 Å². The lowest BCUT2D eigenvalue weighted by atomic mass is 10.2. The maximum Gasteiger partial charge on any atom is 0.133 e. The third-order valence-corrected chi connectivity index (χ3v) is 2.68. The van der Waals surface area contributed by atoms with Gasteiger partial charge in [0.1, 0.15) is 11.5 Å². The van der Waals surface area contributed by atoms with Gasteiger partial charge in [0.05, 0.1) is 18.8 Å². The van der Waals surface area contributed by atoms with Gasteiger partial charge in [0.15, 0.2) is 0 Å². The zero-order chi connectivity index (χ0) is 11.7. The van der Waals surface area contributed by atoms with Crippen LogP contribution >= 0.6 is 0 Å². The van der Waals surface area contributed by atoms with Gasteiger partial charge in [0.2, 0.25) is 0 Å². The van der Waals surface area contributed by atoms with Crippen LogP contribution in [0.2, 0.25) is 0 Å². The quantitative estimate of drug-likeness (QED) is 0.849. The molecule has 0 aliphatic rings. The van der Waals surface area contributed by atoms with Crippen LogP contribution in [0.4, 0.5) is 0 Å². The highest BCUT2D eigenvalue weighted by Crippen LogP contribution is 2.14. The molecule has 5 heteroatoms. The number of rotatable bonds is 3. The molecule has 1 N–H and O–H groups in total. The first-order valence-electron chi connectivity index (χ1n) is 5.17. The van der Waals surface area contributed by atoms with Crippen LogP contribution in [0.5, 0.6) is 0 Å². The zero-order valence-electron chi connectivity index (χ0n) is 9.69. The van der Waals surface area contributed by atoms with Gasteiger partial charge >= 0.3 is 0 Å². The van der Waals surface area contributed by atoms with Gasteiger partial charge < -0.3 is 9.63 Å². The number of aromatic nitrogens is 3. The Labute approximate surface area is 93.7 Å². The fraction of sp³-hybridized carbons (Fsp3) is 0.455. The minimum atomic E-state index is 0.0233. The van der Waals surface area contributed by atoms with E-state index in [2.05, 4.69) is 10.3 Å². The van der Waals surface area contributed by atoms with Crippen LogP contribution in [0.3, 0.4) is 0 Å². The molecule has 0 saturated carbocycles. The molecule has 0 spiro atoms. The fourth-order valence-electron chi connectivity index (χ4n) is 1.76. The van der Waals surface area contributed by atoms with E-state index < -0.39 is 0 Å². The van der Waals surface area contributed by atoms with E-state index >= 15 is 0 Å². The molecule has 0 amide bonds. The Morgan fingerprint density at radius 1 is 1.38 bits per heavy atom. The summed E-state index contributed by atoms with van der Waals surface area (Å²) in [4.78, 5) is 0. The van der Waals surface area contributed by atoms with Crippen molar-refractivity contribution < 1.29 is 9.63 Å². The molecule has 2 aromatic heterocycles. The second-order valence-corrected chi connectivity index (χ2v) is 3.89. The van der Waals surface area contributed by atoms with Crippen molar-refractivity contribution in [2.45, 2.75) is 33.9 Å². The van der Waals surface area contributed by atoms with E-state index in [-0.39, 0.29) is 6.61 Å². The summed E-state index contributed by atoms with van der Waals surface area (Å²) in [5.74, 6) is 0.791. The van der Waals surface area contributed by atoms with Crippen LogP contribution in [0.1, 0.15) is 28.4 Å². The molecule has 0 saturated heterocycles. The Morgan fingerprint density at radius 2 is 2.12 bits per heavy atom. The molecular formula is C11H15N3O2. The van der Waals surface area contributed by atoms with Gasteiger partial charge in [-0.2, -0.15) is 5.10 Å². The van der Waals surface area contributed by atoms with Crippen molar-refractivity contribution in [2.24, 2.45) is 0 Å². The summed E-state index contributed by atoms with van der Waals surface area (Å²) in [6, 6.07) is 1.88. The number of aliphatic hydroxyl groups excluding tert-OH is 1. The van der Waals surface area contributed by atoms with Crippen molar-refractivity contribution in [1.29, 1.82) is 0 Å². The number of aryl methyl sites for hydroxylation is 2. The molecule has 16 heavy (non-hydrogen) atoms. The minimum Gasteiger partial charge on any atom is -0.392 e. The molecule has 0 fully saturated rings. The Bertz CT molecular complexity index is 499. The Kier molecular flexibility index (Phi) is 2.78. The van der Waals surface area contributed by atoms with Crippen molar-refractivity contribution in [3.63, 3.8) is 0 Å². The lowest BCUT2D eigenvalue weighted by Gasteiger charge is -2.01. The summed E-state index contributed by atoms with van der Waals surface area (Å²) in [6.07, 6.45) is 0. The Hall–Kier alpha value is -1.62. The predicted octanol–water partition coefficient (Wildman–Crippen LogP) is 1.34. The van der Waals surface area contributed by atoms with E-state index in [4.69, 9.17) is 4.52 Å². The second-order valence-electron chi connectivity index (χ2n) is 3.89. The molecule has 2 rings (SSSR count). The summed E-state index contributed by atoms with van der Waals surface area (Å²) >= 11 is 0. The lowest BCUT2D eigenvalue weighted by Crippen LogP contribution is -2.04. The van der Waals surface area contributed by atoms with Gasteiger partial charge in [-0.1, -0.05) is 5.16 Å². The highest BCUT2D eigenvalue weighted by Gasteiger charge is 2.11. The third-order valence-electron chi connectivity index (χ3n) is 2.68. The average Bonchev–Trinajstić information content (AvgIpc) is 2.74. The van der Waals surface area contributed by atoms with Crippen LogP contribution in [0, 0.1) is 20.8 Å². The van der Waals surface area contributed by atoms with Gasteiger partial charge in [-0.15, -0.1) is 0 Å². The third kappa shape index (κ3) is 1.86. The highest BCUT2D eigenvalue weighted by atomic mass is 16.5. The van der Waals surface area contributed by atoms with Crippen molar-refractivity contribution in [3.8, 4) is 0 Å². The van der Waals surface area contributed by atoms with Crippen molar-refractivity contribution >= 4 is 0 Å². The Balaban J connectivity index is 2.28. The number of aliphatic hydroxyl groups is 1. The van der Waals surface area contributed by atoms with Crippen LogP contribution in [0.15, 0.2) is 10.6 Å². The molecule has 2 aromatic rings. The van der Waals surface area contributed by atoms with Gasteiger partial charge in [-0.3, -0.25) is 4.68 Å². The number of hydrogen-bond acceptors (Lipinski definition) is 4. The predicted molar refractivity (Wildman–Crippen MR) is 58.0 cm³/mol. The fourth-order valence-corrected chi connectivity index (χ4v) is 1.76. The molecule has 86 valence electrons. The van der Waals surface area contributed by atoms with Gasteiger partial charge in [-0.05, 0) is 20.8 Å². The molecule has 2 heterocycles. The lowest BCUT2D eigenvalue weighted by molar-refractivity contribution is 0.280. The summed E-state index contributed by atoms with van der Waals surface area (Å²) in [5, 5.41) is 17.5. The summed E-state index contributed by atoms with van der Waals surface area (Å²) in [6.45, 7) is 6.29. The smallest absolute Gasteiger partial charge is 0.133 e. The van der Waals surface area contributed by atoms with E-state index in [1.165, 1.54) is 0 Å². The van der Waals surface area contributed by atoms with Crippen LogP contribution < -0.4 is 0 Å². The van der Waals surface area contributed by atoms with E-state index in [1.807, 2.05) is 31.5 Å². The highest BCUT2D eigenvalue weighted by molar-refractivity contribution is 5.24. The number of hydrogen-bond donors (Lipinski definition) is 1. The SMILES string of the molecule is Cc1cc(Cn2nc(C)c(CO)c2C)no1. The molecule has 0 unspecified atom stereocenters. The standard InChI is InChI=1S/C11H15N3O2/c1-7-4-10(13-16-7)5-14-9(3)11(6-15)8(2)12-14/h4,15H,5-6H2,1-3H3. The van der Waals surface area contributed by atoms with E-state index in [9.17, 15) is 5.11 Å². The summed E-state index contributed by atoms with van der Waals surface area (Å²) in [7, 11) is 0. The van der Waals surface area contributed by atoms with Gasteiger partial charge in [0, 0.05) is 17.3 Å². The maximum atomic E-state index is 9.20. The molecule has 0 aromatic carbocycles. The molecule has 0 radical (unpaired) electrons. The monoisotopic (exact) mass is 221 g/mol. The van der Waals surface area contributed by atoms with Crippen LogP contribution in [-0.2, 0) is 13.2 Å². The zero-order valence-corrected chi connectivity index (χ0v) is 9.69. The molecule has 0 aliphatic heterocycles. The average molecular weight is 221 g/mol. The molecule has 0 aliphatic carbocycles. The first-order chi connectivity index (χ1) is 7.61. The summed E-state index contributed by atoms with van der Waals surface area (Å²) in [5.41, 5.74) is 3.56. The van der Waals surface area contributed by atoms with Crippen LogP contribution in [-0.4, -0.2) is 20.0 Å². The first-order valence-corrected chi connectivity index (χ1v) is 5.17. The topological polar surface area (TPSA) is 64.1 Å². The normalized spacial score (nSPS) is 11.0. The van der Waals surface area contributed by atoms with Crippen molar-refractivity contribution in [1.82, 2.24) is 14.9 Å². The van der Waals surface area contributed by atoms with Crippen molar-refractivity contribution in [2.75, 3.05) is 0 Å². The Morgan fingerprint density at radius 3 is 2.62 bits per heavy atom. The maximum absolute atomic E-state index is 9.20. The van der Waals surface area contributed by atoms with E-state index in [1.54, 1.807) is 0 Å². The summed E-state index contributed by atoms with van der Waals surface area (Å²) < 4.78 is 6.83. The van der Waals surface area contributed by atoms with Crippen LogP contribution in [0.25, 0.3) is 0 Å². The second kappa shape index (κ2) is 4.09. The molecule has 0 bridgehead atoms. The largest absolute Gasteiger partial charge is 0.392 e.